The van der Waals surface area contributed by atoms with E-state index in [-0.39, 0.29) is 0 Å². The Hall–Kier alpha value is -0.340. The van der Waals surface area contributed by atoms with Crippen LogP contribution in [0.2, 0.25) is 0 Å². The highest BCUT2D eigenvalue weighted by Crippen LogP contribution is 2.14. The molecule has 0 heterocycles. The molecule has 0 rings (SSSR count). The van der Waals surface area contributed by atoms with Gasteiger partial charge in [0.25, 0.3) is 0 Å². The summed E-state index contributed by atoms with van der Waals surface area (Å²) in [5, 5.41) is 3.56. The first-order valence-corrected chi connectivity index (χ1v) is 7.17. The normalized spacial score (nSPS) is 14.5. The molecule has 17 heavy (non-hydrogen) atoms. The molecule has 0 spiro atoms. The largest absolute Gasteiger partial charge is 0.380 e. The number of hydrogen-bond acceptors (Lipinski definition) is 2. The Labute approximate surface area is 108 Å². The molecule has 2 unspecified atom stereocenters. The van der Waals surface area contributed by atoms with Crippen molar-refractivity contribution in [1.82, 2.24) is 5.32 Å². The minimum Gasteiger partial charge on any atom is -0.380 e. The monoisotopic (exact) mass is 241 g/mol. The van der Waals surface area contributed by atoms with Crippen molar-refractivity contribution in [2.24, 2.45) is 0 Å². The minimum absolute atomic E-state index is 0.374. The Morgan fingerprint density at radius 1 is 1.18 bits per heavy atom. The second kappa shape index (κ2) is 12.1. The highest BCUT2D eigenvalue weighted by atomic mass is 16.5. The van der Waals surface area contributed by atoms with Gasteiger partial charge in [-0.2, -0.15) is 0 Å². The maximum absolute atomic E-state index is 5.60. The minimum atomic E-state index is 0.374. The van der Waals surface area contributed by atoms with Gasteiger partial charge in [-0.15, -0.1) is 6.58 Å². The molecule has 0 aromatic heterocycles. The van der Waals surface area contributed by atoms with Gasteiger partial charge in [0.05, 0.1) is 6.10 Å². The zero-order chi connectivity index (χ0) is 12.9. The summed E-state index contributed by atoms with van der Waals surface area (Å²) in [5.41, 5.74) is 0. The van der Waals surface area contributed by atoms with E-state index in [1.165, 1.54) is 32.1 Å². The summed E-state index contributed by atoms with van der Waals surface area (Å²) in [7, 11) is 1.84. The van der Waals surface area contributed by atoms with Gasteiger partial charge in [0.2, 0.25) is 0 Å². The van der Waals surface area contributed by atoms with E-state index >= 15 is 0 Å². The van der Waals surface area contributed by atoms with Gasteiger partial charge in [0.15, 0.2) is 0 Å². The number of allylic oxidation sites excluding steroid dienone is 1. The van der Waals surface area contributed by atoms with E-state index in [9.17, 15) is 0 Å². The van der Waals surface area contributed by atoms with Crippen LogP contribution in [0.4, 0.5) is 0 Å². The molecule has 0 saturated carbocycles. The Kier molecular flexibility index (Phi) is 11.9. The molecule has 0 aliphatic carbocycles. The Balaban J connectivity index is 3.89. The Bertz CT molecular complexity index is 170. The third-order valence-electron chi connectivity index (χ3n) is 3.21. The fourth-order valence-corrected chi connectivity index (χ4v) is 2.28. The van der Waals surface area contributed by atoms with Gasteiger partial charge >= 0.3 is 0 Å². The molecule has 0 radical (unpaired) electrons. The van der Waals surface area contributed by atoms with Crippen LogP contribution >= 0.6 is 0 Å². The van der Waals surface area contributed by atoms with E-state index < -0.39 is 0 Å². The Morgan fingerprint density at radius 3 is 2.47 bits per heavy atom. The number of ether oxygens (including phenoxy) is 1. The predicted molar refractivity (Wildman–Crippen MR) is 76.5 cm³/mol. The molecule has 0 aliphatic heterocycles. The van der Waals surface area contributed by atoms with Gasteiger partial charge in [-0.1, -0.05) is 39.2 Å². The molecule has 0 bridgehead atoms. The zero-order valence-corrected chi connectivity index (χ0v) is 12.0. The fraction of sp³-hybridized carbons (Fsp3) is 0.867. The van der Waals surface area contributed by atoms with Crippen molar-refractivity contribution in [3.8, 4) is 0 Å². The van der Waals surface area contributed by atoms with Crippen LogP contribution in [-0.4, -0.2) is 25.8 Å². The second-order valence-electron chi connectivity index (χ2n) is 4.65. The molecular weight excluding hydrogens is 210 g/mol. The average Bonchev–Trinajstić information content (AvgIpc) is 2.34. The number of nitrogens with one attached hydrogen (secondary N) is 1. The number of unbranched alkanes of at least 4 members (excludes halogenated alkanes) is 3. The van der Waals surface area contributed by atoms with Crippen LogP contribution in [-0.2, 0) is 4.74 Å². The number of methoxy groups -OCH3 is 1. The quantitative estimate of drug-likeness (QED) is 0.413. The van der Waals surface area contributed by atoms with Crippen LogP contribution in [0.25, 0.3) is 0 Å². The molecule has 1 N–H and O–H groups in total. The summed E-state index contributed by atoms with van der Waals surface area (Å²) in [5.74, 6) is 0. The molecule has 0 aliphatic rings. The lowest BCUT2D eigenvalue weighted by Crippen LogP contribution is -2.40. The average molecular weight is 241 g/mol. The van der Waals surface area contributed by atoms with Gasteiger partial charge in [-0.25, -0.2) is 0 Å². The molecule has 0 aromatic carbocycles. The van der Waals surface area contributed by atoms with Gasteiger partial charge in [-0.05, 0) is 32.2 Å². The van der Waals surface area contributed by atoms with Crippen molar-refractivity contribution in [3.63, 3.8) is 0 Å². The maximum atomic E-state index is 5.60. The smallest absolute Gasteiger partial charge is 0.0724 e. The van der Waals surface area contributed by atoms with Crippen molar-refractivity contribution in [2.75, 3.05) is 13.7 Å². The van der Waals surface area contributed by atoms with Crippen molar-refractivity contribution in [2.45, 2.75) is 70.9 Å². The first-order valence-electron chi connectivity index (χ1n) is 7.17. The van der Waals surface area contributed by atoms with Gasteiger partial charge < -0.3 is 10.1 Å². The molecule has 0 amide bonds. The highest BCUT2D eigenvalue weighted by molar-refractivity contribution is 4.76. The lowest BCUT2D eigenvalue weighted by Gasteiger charge is -2.26. The van der Waals surface area contributed by atoms with E-state index in [2.05, 4.69) is 25.7 Å². The van der Waals surface area contributed by atoms with Crippen LogP contribution in [0.1, 0.15) is 58.8 Å². The maximum Gasteiger partial charge on any atom is 0.0724 e. The van der Waals surface area contributed by atoms with E-state index in [1.54, 1.807) is 0 Å². The molecule has 2 nitrogen and oxygen atoms in total. The summed E-state index contributed by atoms with van der Waals surface area (Å²) >= 11 is 0. The van der Waals surface area contributed by atoms with Gasteiger partial charge in [-0.3, -0.25) is 0 Å². The standard InChI is InChI=1S/C15H31NO/c1-5-8-9-10-11-13-14(16-7-3)15(17-4)12-6-2/h5,14-16H,1,6-13H2,2-4H3. The molecular formula is C15H31NO. The fourth-order valence-electron chi connectivity index (χ4n) is 2.28. The summed E-state index contributed by atoms with van der Waals surface area (Å²) in [6.07, 6.45) is 11.0. The van der Waals surface area contributed by atoms with E-state index in [0.717, 1.165) is 19.4 Å². The van der Waals surface area contributed by atoms with Crippen LogP contribution in [0.15, 0.2) is 12.7 Å². The van der Waals surface area contributed by atoms with Crippen molar-refractivity contribution >= 4 is 0 Å². The molecule has 2 atom stereocenters. The van der Waals surface area contributed by atoms with Gasteiger partial charge in [0, 0.05) is 13.2 Å². The van der Waals surface area contributed by atoms with Gasteiger partial charge in [0.1, 0.15) is 0 Å². The van der Waals surface area contributed by atoms with Crippen LogP contribution in [0.3, 0.4) is 0 Å². The number of likely N-dealkylation sites (N-methyl/N-ethyl adjacent to an activating group) is 1. The molecule has 0 aromatic rings. The molecule has 102 valence electrons. The molecule has 2 heteroatoms. The topological polar surface area (TPSA) is 21.3 Å². The summed E-state index contributed by atoms with van der Waals surface area (Å²) in [6.45, 7) is 9.18. The van der Waals surface area contributed by atoms with Crippen molar-refractivity contribution < 1.29 is 4.74 Å². The van der Waals surface area contributed by atoms with E-state index in [4.69, 9.17) is 4.74 Å². The van der Waals surface area contributed by atoms with Crippen LogP contribution < -0.4 is 5.32 Å². The van der Waals surface area contributed by atoms with Crippen molar-refractivity contribution in [3.05, 3.63) is 12.7 Å². The van der Waals surface area contributed by atoms with Crippen molar-refractivity contribution in [1.29, 1.82) is 0 Å². The lowest BCUT2D eigenvalue weighted by atomic mass is 9.99. The Morgan fingerprint density at radius 2 is 1.94 bits per heavy atom. The first-order chi connectivity index (χ1) is 8.29. The predicted octanol–water partition coefficient (Wildman–Crippen LogP) is 3.92. The molecule has 0 fully saturated rings. The summed E-state index contributed by atoms with van der Waals surface area (Å²) < 4.78 is 5.60. The number of rotatable bonds is 12. The summed E-state index contributed by atoms with van der Waals surface area (Å²) in [4.78, 5) is 0. The SMILES string of the molecule is C=CCCCCCC(NCC)C(CCC)OC. The lowest BCUT2D eigenvalue weighted by molar-refractivity contribution is 0.0578. The third-order valence-corrected chi connectivity index (χ3v) is 3.21. The highest BCUT2D eigenvalue weighted by Gasteiger charge is 2.18. The number of hydrogen-bond donors (Lipinski definition) is 1. The van der Waals surface area contributed by atoms with E-state index in [0.29, 0.717) is 12.1 Å². The second-order valence-corrected chi connectivity index (χ2v) is 4.65. The first kappa shape index (κ1) is 16.7. The molecule has 0 saturated heterocycles. The van der Waals surface area contributed by atoms with Crippen LogP contribution in [0.5, 0.6) is 0 Å². The zero-order valence-electron chi connectivity index (χ0n) is 12.0. The van der Waals surface area contributed by atoms with Crippen LogP contribution in [0, 0.1) is 0 Å². The summed E-state index contributed by atoms with van der Waals surface area (Å²) in [6, 6.07) is 0.522. The van der Waals surface area contributed by atoms with E-state index in [1.807, 2.05) is 13.2 Å². The third kappa shape index (κ3) is 8.39.